The largest absolute Gasteiger partial charge is 0.497 e. The van der Waals surface area contributed by atoms with Crippen LogP contribution in [0.25, 0.3) is 22.0 Å². The number of aromatic nitrogens is 1. The fraction of sp³-hybridized carbons (Fsp3) is 0.0588. The van der Waals surface area contributed by atoms with Crippen LogP contribution in [0.2, 0.25) is 5.02 Å². The van der Waals surface area contributed by atoms with Crippen molar-refractivity contribution >= 4 is 28.3 Å². The van der Waals surface area contributed by atoms with Gasteiger partial charge in [-0.3, -0.25) is 4.98 Å². The lowest BCUT2D eigenvalue weighted by molar-refractivity contribution is 0.0697. The molecule has 0 atom stereocenters. The fourth-order valence-corrected chi connectivity index (χ4v) is 2.63. The molecule has 0 fully saturated rings. The van der Waals surface area contributed by atoms with Crippen LogP contribution in [-0.4, -0.2) is 23.2 Å². The summed E-state index contributed by atoms with van der Waals surface area (Å²) in [5.41, 5.74) is 1.04. The zero-order valence-corrected chi connectivity index (χ0v) is 12.8. The van der Waals surface area contributed by atoms with E-state index in [9.17, 15) is 9.18 Å². The Hall–Kier alpha value is -2.66. The van der Waals surface area contributed by atoms with E-state index in [2.05, 4.69) is 4.98 Å². The number of hydrogen-bond acceptors (Lipinski definition) is 3. The van der Waals surface area contributed by atoms with E-state index in [-0.39, 0.29) is 10.9 Å². The quantitative estimate of drug-likeness (QED) is 0.772. The number of benzene rings is 2. The molecule has 2 aromatic carbocycles. The first-order valence-corrected chi connectivity index (χ1v) is 7.04. The first kappa shape index (κ1) is 15.2. The average molecular weight is 332 g/mol. The number of pyridine rings is 1. The summed E-state index contributed by atoms with van der Waals surface area (Å²) in [6, 6.07) is 9.20. The molecular weight excluding hydrogens is 321 g/mol. The SMILES string of the molecule is COc1ccc(-c2ncc(F)c3ccc(C(=O)O)cc23)c(Cl)c1. The molecule has 23 heavy (non-hydrogen) atoms. The molecule has 1 heterocycles. The summed E-state index contributed by atoms with van der Waals surface area (Å²) < 4.78 is 19.1. The van der Waals surface area contributed by atoms with Crippen LogP contribution in [0, 0.1) is 5.82 Å². The Balaban J connectivity index is 2.30. The number of nitrogens with zero attached hydrogens (tertiary/aromatic N) is 1. The normalized spacial score (nSPS) is 10.7. The van der Waals surface area contributed by atoms with Crippen molar-refractivity contribution in [2.24, 2.45) is 0 Å². The Kier molecular flexibility index (Phi) is 3.88. The first-order chi connectivity index (χ1) is 11.0. The van der Waals surface area contributed by atoms with Crippen LogP contribution < -0.4 is 4.74 Å². The van der Waals surface area contributed by atoms with Crippen LogP contribution in [0.1, 0.15) is 10.4 Å². The second kappa shape index (κ2) is 5.85. The summed E-state index contributed by atoms with van der Waals surface area (Å²) in [5, 5.41) is 10.2. The van der Waals surface area contributed by atoms with E-state index in [1.165, 1.54) is 25.3 Å². The number of aromatic carboxylic acids is 1. The van der Waals surface area contributed by atoms with Crippen molar-refractivity contribution in [1.82, 2.24) is 4.98 Å². The second-order valence-corrected chi connectivity index (χ2v) is 5.27. The highest BCUT2D eigenvalue weighted by Crippen LogP contribution is 2.35. The highest BCUT2D eigenvalue weighted by atomic mass is 35.5. The van der Waals surface area contributed by atoms with Gasteiger partial charge in [0.25, 0.3) is 0 Å². The third kappa shape index (κ3) is 2.71. The maximum Gasteiger partial charge on any atom is 0.335 e. The van der Waals surface area contributed by atoms with E-state index in [4.69, 9.17) is 21.4 Å². The predicted octanol–water partition coefficient (Wildman–Crippen LogP) is 4.40. The van der Waals surface area contributed by atoms with Gasteiger partial charge in [-0.05, 0) is 30.3 Å². The van der Waals surface area contributed by atoms with Gasteiger partial charge in [-0.25, -0.2) is 9.18 Å². The zero-order valence-electron chi connectivity index (χ0n) is 12.0. The molecule has 0 spiro atoms. The summed E-state index contributed by atoms with van der Waals surface area (Å²) in [6.07, 6.45) is 1.10. The molecule has 6 heteroatoms. The second-order valence-electron chi connectivity index (χ2n) is 4.87. The molecule has 0 aliphatic rings. The lowest BCUT2D eigenvalue weighted by Gasteiger charge is -2.10. The summed E-state index contributed by atoms with van der Waals surface area (Å²) in [6.45, 7) is 0. The van der Waals surface area contributed by atoms with E-state index in [1.54, 1.807) is 18.2 Å². The number of ether oxygens (including phenoxy) is 1. The summed E-state index contributed by atoms with van der Waals surface area (Å²) in [4.78, 5) is 15.3. The minimum Gasteiger partial charge on any atom is -0.497 e. The van der Waals surface area contributed by atoms with Crippen LogP contribution >= 0.6 is 11.6 Å². The van der Waals surface area contributed by atoms with E-state index < -0.39 is 11.8 Å². The number of carboxylic acids is 1. The molecule has 116 valence electrons. The number of carboxylic acid groups (broad SMARTS) is 1. The topological polar surface area (TPSA) is 59.4 Å². The van der Waals surface area contributed by atoms with Gasteiger partial charge in [0.2, 0.25) is 0 Å². The van der Waals surface area contributed by atoms with Crippen molar-refractivity contribution in [3.05, 3.63) is 59.0 Å². The molecule has 4 nitrogen and oxygen atoms in total. The molecule has 0 aliphatic heterocycles. The molecule has 0 amide bonds. The third-order valence-corrected chi connectivity index (χ3v) is 3.83. The van der Waals surface area contributed by atoms with Crippen molar-refractivity contribution in [2.75, 3.05) is 7.11 Å². The molecule has 1 N–H and O–H groups in total. The highest BCUT2D eigenvalue weighted by Gasteiger charge is 2.15. The monoisotopic (exact) mass is 331 g/mol. The lowest BCUT2D eigenvalue weighted by atomic mass is 10.0. The maximum absolute atomic E-state index is 14.0. The number of methoxy groups -OCH3 is 1. The van der Waals surface area contributed by atoms with Crippen LogP contribution in [0.5, 0.6) is 5.75 Å². The maximum atomic E-state index is 14.0. The first-order valence-electron chi connectivity index (χ1n) is 6.66. The number of hydrogen-bond donors (Lipinski definition) is 1. The highest BCUT2D eigenvalue weighted by molar-refractivity contribution is 6.33. The molecule has 1 aromatic heterocycles. The van der Waals surface area contributed by atoms with Gasteiger partial charge in [-0.15, -0.1) is 0 Å². The molecule has 0 aliphatic carbocycles. The van der Waals surface area contributed by atoms with Crippen LogP contribution in [0.3, 0.4) is 0 Å². The summed E-state index contributed by atoms with van der Waals surface area (Å²) in [5.74, 6) is -1.04. The molecule has 3 rings (SSSR count). The van der Waals surface area contributed by atoms with Crippen LogP contribution in [0.15, 0.2) is 42.6 Å². The van der Waals surface area contributed by atoms with Crippen molar-refractivity contribution in [3.63, 3.8) is 0 Å². The Bertz CT molecular complexity index is 927. The smallest absolute Gasteiger partial charge is 0.335 e. The van der Waals surface area contributed by atoms with E-state index in [0.29, 0.717) is 27.4 Å². The molecular formula is C17H11ClFNO3. The van der Waals surface area contributed by atoms with E-state index in [1.807, 2.05) is 0 Å². The molecule has 0 saturated heterocycles. The van der Waals surface area contributed by atoms with Gasteiger partial charge in [0.1, 0.15) is 11.6 Å². The minimum atomic E-state index is -1.09. The zero-order chi connectivity index (χ0) is 16.6. The summed E-state index contributed by atoms with van der Waals surface area (Å²) >= 11 is 6.26. The Labute approximate surface area is 136 Å². The van der Waals surface area contributed by atoms with E-state index >= 15 is 0 Å². The van der Waals surface area contributed by atoms with Gasteiger partial charge in [0.15, 0.2) is 0 Å². The van der Waals surface area contributed by atoms with Gasteiger partial charge < -0.3 is 9.84 Å². The van der Waals surface area contributed by atoms with Gasteiger partial charge in [0.05, 0.1) is 29.6 Å². The van der Waals surface area contributed by atoms with Gasteiger partial charge in [0, 0.05) is 16.3 Å². The third-order valence-electron chi connectivity index (χ3n) is 3.52. The van der Waals surface area contributed by atoms with Crippen molar-refractivity contribution in [1.29, 1.82) is 0 Å². The Morgan fingerprint density at radius 3 is 2.65 bits per heavy atom. The van der Waals surface area contributed by atoms with Gasteiger partial charge in [-0.1, -0.05) is 17.7 Å². The number of fused-ring (bicyclic) bond motifs is 1. The van der Waals surface area contributed by atoms with Crippen molar-refractivity contribution < 1.29 is 19.0 Å². The lowest BCUT2D eigenvalue weighted by Crippen LogP contribution is -1.98. The fourth-order valence-electron chi connectivity index (χ4n) is 2.37. The number of rotatable bonds is 3. The van der Waals surface area contributed by atoms with Gasteiger partial charge in [-0.2, -0.15) is 0 Å². The number of halogens is 2. The van der Waals surface area contributed by atoms with E-state index in [0.717, 1.165) is 6.20 Å². The number of carbonyl (C=O) groups is 1. The molecule has 0 saturated carbocycles. The van der Waals surface area contributed by atoms with Crippen molar-refractivity contribution in [2.45, 2.75) is 0 Å². The standard InChI is InChI=1S/C17H11ClFNO3/c1-23-10-3-5-12(14(18)7-10)16-13-6-9(17(21)22)2-4-11(13)15(19)8-20-16/h2-8H,1H3,(H,21,22). The summed E-state index contributed by atoms with van der Waals surface area (Å²) in [7, 11) is 1.52. The molecule has 3 aromatic rings. The predicted molar refractivity (Wildman–Crippen MR) is 85.7 cm³/mol. The van der Waals surface area contributed by atoms with Crippen LogP contribution in [0.4, 0.5) is 4.39 Å². The Morgan fingerprint density at radius 1 is 1.22 bits per heavy atom. The molecule has 0 bridgehead atoms. The molecule has 0 unspecified atom stereocenters. The minimum absolute atomic E-state index is 0.0517. The average Bonchev–Trinajstić information content (AvgIpc) is 2.55. The van der Waals surface area contributed by atoms with Gasteiger partial charge >= 0.3 is 5.97 Å². The van der Waals surface area contributed by atoms with Crippen LogP contribution in [-0.2, 0) is 0 Å². The van der Waals surface area contributed by atoms with Crippen molar-refractivity contribution in [3.8, 4) is 17.0 Å². The Morgan fingerprint density at radius 2 is 2.00 bits per heavy atom. The molecule has 0 radical (unpaired) electrons.